The predicted octanol–water partition coefficient (Wildman–Crippen LogP) is 4.59. The Morgan fingerprint density at radius 2 is 2.04 bits per heavy atom. The minimum absolute atomic E-state index is 0.0187. The van der Waals surface area contributed by atoms with Crippen LogP contribution in [0.25, 0.3) is 11.4 Å². The second kappa shape index (κ2) is 9.06. The summed E-state index contributed by atoms with van der Waals surface area (Å²) in [6.45, 7) is 2.33. The Hall–Kier alpha value is -2.31. The highest BCUT2D eigenvalue weighted by Crippen LogP contribution is 2.25. The summed E-state index contributed by atoms with van der Waals surface area (Å²) in [6.07, 6.45) is 0. The Morgan fingerprint density at radius 3 is 2.81 bits per heavy atom. The van der Waals surface area contributed by atoms with Crippen molar-refractivity contribution in [3.05, 3.63) is 70.6 Å². The zero-order valence-corrected chi connectivity index (χ0v) is 16.8. The lowest BCUT2D eigenvalue weighted by Crippen LogP contribution is -2.28. The topological polar surface area (TPSA) is 59.2 Å². The third-order valence-corrected chi connectivity index (χ3v) is 5.28. The summed E-state index contributed by atoms with van der Waals surface area (Å²) < 4.78 is 5.26. The predicted molar refractivity (Wildman–Crippen MR) is 109 cm³/mol. The van der Waals surface area contributed by atoms with Gasteiger partial charge in [-0.05, 0) is 24.6 Å². The molecular formula is C20H20ClN3O2S. The van der Waals surface area contributed by atoms with Crippen LogP contribution in [0, 0.1) is 6.92 Å². The van der Waals surface area contributed by atoms with Crippen molar-refractivity contribution in [2.24, 2.45) is 0 Å². The largest absolute Gasteiger partial charge is 0.337 e. The molecule has 0 bridgehead atoms. The molecule has 7 heteroatoms. The maximum Gasteiger partial charge on any atom is 0.246 e. The number of aryl methyl sites for hydroxylation is 1. The van der Waals surface area contributed by atoms with Gasteiger partial charge in [0, 0.05) is 18.4 Å². The third kappa shape index (κ3) is 5.34. The summed E-state index contributed by atoms with van der Waals surface area (Å²) in [7, 11) is 1.73. The van der Waals surface area contributed by atoms with Crippen molar-refractivity contribution in [3.8, 4) is 11.4 Å². The van der Waals surface area contributed by atoms with E-state index in [4.69, 9.17) is 16.1 Å². The van der Waals surface area contributed by atoms with Crippen LogP contribution in [0.2, 0.25) is 5.02 Å². The first-order valence-electron chi connectivity index (χ1n) is 8.47. The molecule has 5 nitrogen and oxygen atoms in total. The minimum Gasteiger partial charge on any atom is -0.337 e. The van der Waals surface area contributed by atoms with Gasteiger partial charge in [-0.1, -0.05) is 58.7 Å². The molecule has 140 valence electrons. The molecule has 1 heterocycles. The Morgan fingerprint density at radius 1 is 1.22 bits per heavy atom. The van der Waals surface area contributed by atoms with E-state index in [1.54, 1.807) is 29.8 Å². The maximum atomic E-state index is 12.3. The van der Waals surface area contributed by atoms with Gasteiger partial charge < -0.3 is 9.42 Å². The Labute approximate surface area is 167 Å². The lowest BCUT2D eigenvalue weighted by molar-refractivity contribution is -0.127. The van der Waals surface area contributed by atoms with Crippen LogP contribution in [0.4, 0.5) is 0 Å². The average molecular weight is 402 g/mol. The molecule has 0 aliphatic carbocycles. The molecule has 2 aromatic carbocycles. The molecule has 0 unspecified atom stereocenters. The van der Waals surface area contributed by atoms with E-state index in [0.29, 0.717) is 28.1 Å². The molecule has 0 spiro atoms. The molecule has 3 aromatic rings. The standard InChI is InChI=1S/C20H20ClN3O2S/c1-14-6-5-7-15(10-14)12-27-13-19(25)24(2)11-18-22-20(23-26-18)16-8-3-4-9-17(16)21/h3-10H,11-13H2,1-2H3. The number of hydrogen-bond acceptors (Lipinski definition) is 5. The van der Waals surface area contributed by atoms with Crippen molar-refractivity contribution in [2.45, 2.75) is 19.2 Å². The highest BCUT2D eigenvalue weighted by Gasteiger charge is 2.16. The molecule has 1 amide bonds. The summed E-state index contributed by atoms with van der Waals surface area (Å²) in [6, 6.07) is 15.6. The van der Waals surface area contributed by atoms with E-state index >= 15 is 0 Å². The zero-order chi connectivity index (χ0) is 19.2. The SMILES string of the molecule is Cc1cccc(CSCC(=O)N(C)Cc2nc(-c3ccccc3Cl)no2)c1. The van der Waals surface area contributed by atoms with E-state index in [0.717, 1.165) is 5.75 Å². The number of amides is 1. The first-order valence-corrected chi connectivity index (χ1v) is 10.0. The molecule has 0 N–H and O–H groups in total. The number of halogens is 1. The quantitative estimate of drug-likeness (QED) is 0.579. The van der Waals surface area contributed by atoms with Crippen molar-refractivity contribution in [1.29, 1.82) is 0 Å². The summed E-state index contributed by atoms with van der Waals surface area (Å²) >= 11 is 7.74. The van der Waals surface area contributed by atoms with Gasteiger partial charge in [0.15, 0.2) is 0 Å². The molecule has 0 saturated heterocycles. The van der Waals surface area contributed by atoms with Crippen LogP contribution in [-0.4, -0.2) is 33.7 Å². The van der Waals surface area contributed by atoms with Crippen LogP contribution in [0.1, 0.15) is 17.0 Å². The third-order valence-electron chi connectivity index (χ3n) is 3.96. The molecule has 0 aliphatic rings. The van der Waals surface area contributed by atoms with Gasteiger partial charge in [0.25, 0.3) is 0 Å². The number of hydrogen-bond donors (Lipinski definition) is 0. The first kappa shape index (κ1) is 19.5. The summed E-state index contributed by atoms with van der Waals surface area (Å²) in [5, 5.41) is 4.51. The van der Waals surface area contributed by atoms with Gasteiger partial charge in [-0.2, -0.15) is 4.98 Å². The highest BCUT2D eigenvalue weighted by atomic mass is 35.5. The van der Waals surface area contributed by atoms with E-state index in [1.807, 2.05) is 24.3 Å². The van der Waals surface area contributed by atoms with E-state index < -0.39 is 0 Å². The average Bonchev–Trinajstić information content (AvgIpc) is 3.10. The van der Waals surface area contributed by atoms with Crippen LogP contribution in [0.3, 0.4) is 0 Å². The minimum atomic E-state index is 0.0187. The van der Waals surface area contributed by atoms with Gasteiger partial charge in [-0.15, -0.1) is 11.8 Å². The van der Waals surface area contributed by atoms with Gasteiger partial charge in [-0.3, -0.25) is 4.79 Å². The van der Waals surface area contributed by atoms with Crippen LogP contribution in [0.15, 0.2) is 53.1 Å². The maximum absolute atomic E-state index is 12.3. The van der Waals surface area contributed by atoms with Crippen molar-refractivity contribution >= 4 is 29.3 Å². The normalized spacial score (nSPS) is 10.8. The van der Waals surface area contributed by atoms with E-state index in [2.05, 4.69) is 35.3 Å². The monoisotopic (exact) mass is 401 g/mol. The fourth-order valence-corrected chi connectivity index (χ4v) is 3.66. The van der Waals surface area contributed by atoms with Crippen molar-refractivity contribution in [3.63, 3.8) is 0 Å². The Bertz CT molecular complexity index is 929. The lowest BCUT2D eigenvalue weighted by Gasteiger charge is -2.14. The van der Waals surface area contributed by atoms with Gasteiger partial charge in [0.1, 0.15) is 0 Å². The molecule has 0 aliphatic heterocycles. The number of aromatic nitrogens is 2. The molecule has 0 saturated carbocycles. The highest BCUT2D eigenvalue weighted by molar-refractivity contribution is 7.99. The molecular weight excluding hydrogens is 382 g/mol. The number of thioether (sulfide) groups is 1. The van der Waals surface area contributed by atoms with Crippen molar-refractivity contribution < 1.29 is 9.32 Å². The molecule has 3 rings (SSSR count). The first-order chi connectivity index (χ1) is 13.0. The number of carbonyl (C=O) groups is 1. The summed E-state index contributed by atoms with van der Waals surface area (Å²) in [5.41, 5.74) is 3.15. The van der Waals surface area contributed by atoms with Gasteiger partial charge in [0.05, 0.1) is 17.3 Å². The van der Waals surface area contributed by atoms with Crippen molar-refractivity contribution in [1.82, 2.24) is 15.0 Å². The smallest absolute Gasteiger partial charge is 0.246 e. The number of rotatable bonds is 7. The van der Waals surface area contributed by atoms with Crippen LogP contribution >= 0.6 is 23.4 Å². The molecule has 0 radical (unpaired) electrons. The fraction of sp³-hybridized carbons (Fsp3) is 0.250. The Kier molecular flexibility index (Phi) is 6.53. The lowest BCUT2D eigenvalue weighted by atomic mass is 10.2. The van der Waals surface area contributed by atoms with E-state index in [-0.39, 0.29) is 12.5 Å². The van der Waals surface area contributed by atoms with Crippen LogP contribution in [0.5, 0.6) is 0 Å². The second-order valence-electron chi connectivity index (χ2n) is 6.22. The van der Waals surface area contributed by atoms with Gasteiger partial charge >= 0.3 is 0 Å². The van der Waals surface area contributed by atoms with E-state index in [9.17, 15) is 4.79 Å². The fourth-order valence-electron chi connectivity index (χ4n) is 2.53. The molecule has 27 heavy (non-hydrogen) atoms. The number of carbonyl (C=O) groups excluding carboxylic acids is 1. The van der Waals surface area contributed by atoms with Gasteiger partial charge in [0.2, 0.25) is 17.6 Å². The summed E-state index contributed by atoms with van der Waals surface area (Å²) in [5.74, 6) is 2.02. The number of nitrogens with zero attached hydrogens (tertiary/aromatic N) is 3. The van der Waals surface area contributed by atoms with Gasteiger partial charge in [-0.25, -0.2) is 0 Å². The Balaban J connectivity index is 1.52. The molecule has 0 atom stereocenters. The molecule has 0 fully saturated rings. The van der Waals surface area contributed by atoms with E-state index in [1.165, 1.54) is 11.1 Å². The molecule has 1 aromatic heterocycles. The number of benzene rings is 2. The van der Waals surface area contributed by atoms with Crippen LogP contribution < -0.4 is 0 Å². The second-order valence-corrected chi connectivity index (χ2v) is 7.62. The zero-order valence-electron chi connectivity index (χ0n) is 15.2. The van der Waals surface area contributed by atoms with Crippen LogP contribution in [-0.2, 0) is 17.1 Å². The summed E-state index contributed by atoms with van der Waals surface area (Å²) in [4.78, 5) is 18.3. The van der Waals surface area contributed by atoms with Crippen molar-refractivity contribution in [2.75, 3.05) is 12.8 Å².